The third-order valence-electron chi connectivity index (χ3n) is 3.47. The lowest BCUT2D eigenvalue weighted by atomic mass is 10.1. The largest absolute Gasteiger partial charge is 0.348 e. The van der Waals surface area contributed by atoms with Gasteiger partial charge in [0, 0.05) is 55.0 Å². The Hall–Kier alpha value is -1.61. The first-order valence-corrected chi connectivity index (χ1v) is 6.18. The van der Waals surface area contributed by atoms with Gasteiger partial charge < -0.3 is 4.57 Å². The van der Waals surface area contributed by atoms with Crippen molar-refractivity contribution in [3.63, 3.8) is 0 Å². The van der Waals surface area contributed by atoms with E-state index in [0.717, 1.165) is 26.2 Å². The second-order valence-corrected chi connectivity index (χ2v) is 4.52. The van der Waals surface area contributed by atoms with Gasteiger partial charge in [0.15, 0.2) is 0 Å². The van der Waals surface area contributed by atoms with Gasteiger partial charge in [0.05, 0.1) is 0 Å². The third kappa shape index (κ3) is 1.98. The molecular weight excluding hydrogens is 210 g/mol. The van der Waals surface area contributed by atoms with E-state index in [2.05, 4.69) is 39.7 Å². The standard InChI is InChI=1S/C14H17N3/c1-2-16-6-7-17-10-13(8-14(17)11-16)12-4-3-5-15-9-12/h3-5,8-10H,2,6-7,11H2,1H3. The molecule has 0 saturated carbocycles. The first-order valence-electron chi connectivity index (χ1n) is 6.18. The van der Waals surface area contributed by atoms with Crippen LogP contribution < -0.4 is 0 Å². The second-order valence-electron chi connectivity index (χ2n) is 4.52. The van der Waals surface area contributed by atoms with Crippen LogP contribution in [-0.2, 0) is 13.1 Å². The Labute approximate surface area is 102 Å². The van der Waals surface area contributed by atoms with Gasteiger partial charge in [0.1, 0.15) is 0 Å². The molecule has 0 N–H and O–H groups in total. The molecule has 0 saturated heterocycles. The van der Waals surface area contributed by atoms with Gasteiger partial charge in [0.25, 0.3) is 0 Å². The summed E-state index contributed by atoms with van der Waals surface area (Å²) in [5.74, 6) is 0. The van der Waals surface area contributed by atoms with Crippen LogP contribution in [0.25, 0.3) is 11.1 Å². The Balaban J connectivity index is 1.93. The van der Waals surface area contributed by atoms with Gasteiger partial charge >= 0.3 is 0 Å². The number of fused-ring (bicyclic) bond motifs is 1. The summed E-state index contributed by atoms with van der Waals surface area (Å²) in [5.41, 5.74) is 3.90. The fourth-order valence-corrected chi connectivity index (χ4v) is 2.41. The number of hydrogen-bond acceptors (Lipinski definition) is 2. The van der Waals surface area contributed by atoms with E-state index in [9.17, 15) is 0 Å². The van der Waals surface area contributed by atoms with E-state index in [1.807, 2.05) is 18.5 Å². The highest BCUT2D eigenvalue weighted by atomic mass is 15.2. The fourth-order valence-electron chi connectivity index (χ4n) is 2.41. The normalized spacial score (nSPS) is 15.8. The van der Waals surface area contributed by atoms with Crippen molar-refractivity contribution in [2.45, 2.75) is 20.0 Å². The summed E-state index contributed by atoms with van der Waals surface area (Å²) in [6, 6.07) is 6.40. The van der Waals surface area contributed by atoms with E-state index >= 15 is 0 Å². The van der Waals surface area contributed by atoms with Gasteiger partial charge in [-0.25, -0.2) is 0 Å². The quantitative estimate of drug-likeness (QED) is 0.785. The van der Waals surface area contributed by atoms with Crippen LogP contribution in [0, 0.1) is 0 Å². The van der Waals surface area contributed by atoms with Gasteiger partial charge in [-0.1, -0.05) is 13.0 Å². The number of likely N-dealkylation sites (N-methyl/N-ethyl adjacent to an activating group) is 1. The Kier molecular flexibility index (Phi) is 2.69. The Morgan fingerprint density at radius 2 is 2.24 bits per heavy atom. The summed E-state index contributed by atoms with van der Waals surface area (Å²) in [6.07, 6.45) is 6.00. The molecule has 0 amide bonds. The van der Waals surface area contributed by atoms with E-state index in [-0.39, 0.29) is 0 Å². The molecule has 1 aliphatic rings. The van der Waals surface area contributed by atoms with E-state index in [1.54, 1.807) is 0 Å². The minimum absolute atomic E-state index is 1.07. The molecule has 2 aromatic heterocycles. The Morgan fingerprint density at radius 1 is 1.29 bits per heavy atom. The minimum Gasteiger partial charge on any atom is -0.348 e. The maximum Gasteiger partial charge on any atom is 0.0388 e. The molecule has 3 heteroatoms. The zero-order chi connectivity index (χ0) is 11.7. The highest BCUT2D eigenvalue weighted by Gasteiger charge is 2.15. The monoisotopic (exact) mass is 227 g/mol. The average molecular weight is 227 g/mol. The highest BCUT2D eigenvalue weighted by molar-refractivity contribution is 5.62. The van der Waals surface area contributed by atoms with Gasteiger partial charge in [-0.05, 0) is 18.7 Å². The van der Waals surface area contributed by atoms with Crippen LogP contribution in [0.3, 0.4) is 0 Å². The van der Waals surface area contributed by atoms with Crippen LogP contribution in [0.1, 0.15) is 12.6 Å². The van der Waals surface area contributed by atoms with Crippen LogP contribution in [0.15, 0.2) is 36.8 Å². The predicted octanol–water partition coefficient (Wildman–Crippen LogP) is 2.39. The van der Waals surface area contributed by atoms with Crippen molar-refractivity contribution in [1.82, 2.24) is 14.5 Å². The molecule has 0 radical (unpaired) electrons. The highest BCUT2D eigenvalue weighted by Crippen LogP contribution is 2.24. The Morgan fingerprint density at radius 3 is 3.00 bits per heavy atom. The maximum atomic E-state index is 4.18. The van der Waals surface area contributed by atoms with Crippen molar-refractivity contribution >= 4 is 0 Å². The van der Waals surface area contributed by atoms with E-state index in [0.29, 0.717) is 0 Å². The molecule has 0 bridgehead atoms. The van der Waals surface area contributed by atoms with E-state index < -0.39 is 0 Å². The lowest BCUT2D eigenvalue weighted by Gasteiger charge is -2.26. The van der Waals surface area contributed by atoms with E-state index in [1.165, 1.54) is 16.8 Å². The molecule has 0 unspecified atom stereocenters. The second kappa shape index (κ2) is 4.34. The van der Waals surface area contributed by atoms with Crippen molar-refractivity contribution in [2.24, 2.45) is 0 Å². The number of aromatic nitrogens is 2. The summed E-state index contributed by atoms with van der Waals surface area (Å²) in [5, 5.41) is 0. The molecule has 17 heavy (non-hydrogen) atoms. The van der Waals surface area contributed by atoms with Crippen molar-refractivity contribution in [2.75, 3.05) is 13.1 Å². The molecule has 1 aliphatic heterocycles. The lowest BCUT2D eigenvalue weighted by Crippen LogP contribution is -2.32. The fraction of sp³-hybridized carbons (Fsp3) is 0.357. The lowest BCUT2D eigenvalue weighted by molar-refractivity contribution is 0.232. The molecular formula is C14H17N3. The number of pyridine rings is 1. The minimum atomic E-state index is 1.07. The zero-order valence-corrected chi connectivity index (χ0v) is 10.1. The molecule has 3 nitrogen and oxygen atoms in total. The SMILES string of the molecule is CCN1CCn2cc(-c3cccnc3)cc2C1. The maximum absolute atomic E-state index is 4.18. The van der Waals surface area contributed by atoms with Crippen molar-refractivity contribution in [3.8, 4) is 11.1 Å². The third-order valence-corrected chi connectivity index (χ3v) is 3.47. The molecule has 2 aromatic rings. The van der Waals surface area contributed by atoms with Crippen molar-refractivity contribution in [1.29, 1.82) is 0 Å². The van der Waals surface area contributed by atoms with Crippen LogP contribution in [0.2, 0.25) is 0 Å². The number of hydrogen-bond donors (Lipinski definition) is 0. The molecule has 0 aliphatic carbocycles. The predicted molar refractivity (Wildman–Crippen MR) is 68.6 cm³/mol. The van der Waals surface area contributed by atoms with Crippen molar-refractivity contribution in [3.05, 3.63) is 42.5 Å². The Bertz CT molecular complexity index is 501. The molecule has 88 valence electrons. The summed E-state index contributed by atoms with van der Waals surface area (Å²) >= 11 is 0. The molecule has 3 heterocycles. The average Bonchev–Trinajstić information content (AvgIpc) is 2.82. The molecule has 0 fully saturated rings. The van der Waals surface area contributed by atoms with Gasteiger partial charge in [-0.2, -0.15) is 0 Å². The van der Waals surface area contributed by atoms with Crippen LogP contribution in [0.5, 0.6) is 0 Å². The molecule has 0 spiro atoms. The topological polar surface area (TPSA) is 21.1 Å². The van der Waals surface area contributed by atoms with Crippen LogP contribution >= 0.6 is 0 Å². The molecule has 0 aromatic carbocycles. The van der Waals surface area contributed by atoms with Gasteiger partial charge in [0.2, 0.25) is 0 Å². The summed E-state index contributed by atoms with van der Waals surface area (Å²) in [7, 11) is 0. The van der Waals surface area contributed by atoms with Gasteiger partial charge in [-0.15, -0.1) is 0 Å². The smallest absolute Gasteiger partial charge is 0.0388 e. The number of nitrogens with zero attached hydrogens (tertiary/aromatic N) is 3. The van der Waals surface area contributed by atoms with Crippen LogP contribution in [0.4, 0.5) is 0 Å². The van der Waals surface area contributed by atoms with Gasteiger partial charge in [-0.3, -0.25) is 9.88 Å². The molecule has 0 atom stereocenters. The van der Waals surface area contributed by atoms with E-state index in [4.69, 9.17) is 0 Å². The van der Waals surface area contributed by atoms with Crippen molar-refractivity contribution < 1.29 is 0 Å². The summed E-state index contributed by atoms with van der Waals surface area (Å²) in [6.45, 7) is 6.68. The molecule has 3 rings (SSSR count). The summed E-state index contributed by atoms with van der Waals surface area (Å²) < 4.78 is 2.37. The zero-order valence-electron chi connectivity index (χ0n) is 10.1. The first-order chi connectivity index (χ1) is 8.36. The summed E-state index contributed by atoms with van der Waals surface area (Å²) in [4.78, 5) is 6.65. The number of rotatable bonds is 2. The van der Waals surface area contributed by atoms with Crippen LogP contribution in [-0.4, -0.2) is 27.5 Å². The first kappa shape index (κ1) is 10.5.